The van der Waals surface area contributed by atoms with E-state index in [4.69, 9.17) is 9.15 Å². The van der Waals surface area contributed by atoms with Gasteiger partial charge in [-0.15, -0.1) is 0 Å². The van der Waals surface area contributed by atoms with Gasteiger partial charge in [0, 0.05) is 18.5 Å². The first-order valence-electron chi connectivity index (χ1n) is 9.93. The Labute approximate surface area is 169 Å². The number of Topliss-reactive ketones (excluding diaryl/α,β-unsaturated/α-hetero) is 1. The van der Waals surface area contributed by atoms with Crippen LogP contribution in [0, 0.1) is 0 Å². The van der Waals surface area contributed by atoms with Crippen molar-refractivity contribution in [1.82, 2.24) is 4.90 Å². The third kappa shape index (κ3) is 3.97. The van der Waals surface area contributed by atoms with E-state index in [1.165, 1.54) is 16.1 Å². The number of hydrogen-bond acceptors (Lipinski definition) is 5. The van der Waals surface area contributed by atoms with Gasteiger partial charge < -0.3 is 24.1 Å². The summed E-state index contributed by atoms with van der Waals surface area (Å²) in [6, 6.07) is 11.2. The molecule has 152 valence electrons. The summed E-state index contributed by atoms with van der Waals surface area (Å²) in [7, 11) is 0. The first-order chi connectivity index (χ1) is 14.2. The van der Waals surface area contributed by atoms with Crippen LogP contribution in [0.5, 0.6) is 0 Å². The molecular formula is C22H24N2O5. The Balaban J connectivity index is 1.60. The highest BCUT2D eigenvalue weighted by Gasteiger charge is 2.45. The maximum atomic E-state index is 13.1. The van der Waals surface area contributed by atoms with Gasteiger partial charge in [-0.2, -0.15) is 0 Å². The Morgan fingerprint density at radius 3 is 2.55 bits per heavy atom. The average molecular weight is 396 g/mol. The lowest BCUT2D eigenvalue weighted by atomic mass is 9.99. The molecular weight excluding hydrogens is 372 g/mol. The molecule has 0 radical (unpaired) electrons. The summed E-state index contributed by atoms with van der Waals surface area (Å²) in [5.41, 5.74) is 0.356. The fourth-order valence-electron chi connectivity index (χ4n) is 4.00. The van der Waals surface area contributed by atoms with Crippen molar-refractivity contribution in [2.45, 2.75) is 12.5 Å². The smallest absolute Gasteiger partial charge is 0.295 e. The number of rotatable bonds is 6. The van der Waals surface area contributed by atoms with Gasteiger partial charge in [-0.05, 0) is 17.7 Å². The standard InChI is InChI=1S/C22H24N2O5/c25-20(16-6-2-1-3-7-16)18-19(17-8-4-13-29-17)24(22(27)21(18)26)10-5-9-23-11-14-28-15-12-23/h1-4,6-8,13,19,25H,5,9-12,14-15H2/b20-18+. The second-order valence-corrected chi connectivity index (χ2v) is 7.32. The van der Waals surface area contributed by atoms with Crippen molar-refractivity contribution in [3.05, 3.63) is 65.6 Å². The number of hydrogen-bond donors (Lipinski definition) is 1. The number of carbonyl (C=O) groups excluding carboxylic acids is 2. The average Bonchev–Trinajstić information content (AvgIpc) is 3.37. The minimum atomic E-state index is -0.780. The van der Waals surface area contributed by atoms with Crippen molar-refractivity contribution in [1.29, 1.82) is 0 Å². The second-order valence-electron chi connectivity index (χ2n) is 7.32. The van der Waals surface area contributed by atoms with Gasteiger partial charge >= 0.3 is 0 Å². The summed E-state index contributed by atoms with van der Waals surface area (Å²) in [5.74, 6) is -1.37. The summed E-state index contributed by atoms with van der Waals surface area (Å²) in [5, 5.41) is 13.1. The Hall–Kier alpha value is -2.90. The highest BCUT2D eigenvalue weighted by molar-refractivity contribution is 6.46. The van der Waals surface area contributed by atoms with Crippen LogP contribution >= 0.6 is 0 Å². The molecule has 7 nitrogen and oxygen atoms in total. The van der Waals surface area contributed by atoms with Gasteiger partial charge in [-0.1, -0.05) is 36.1 Å². The summed E-state index contributed by atoms with van der Waals surface area (Å²) < 4.78 is 10.9. The predicted molar refractivity (Wildman–Crippen MR) is 103 cm³/mol. The van der Waals surface area contributed by atoms with Gasteiger partial charge in [0.2, 0.25) is 5.78 Å². The molecule has 7 heteroatoms. The molecule has 2 saturated heterocycles. The van der Waals surface area contributed by atoms with Crippen LogP contribution in [0.25, 0.3) is 5.76 Å². The summed E-state index contributed by atoms with van der Waals surface area (Å²) in [6.07, 6.45) is 2.22. The van der Waals surface area contributed by atoms with Gasteiger partial charge in [0.15, 0.2) is 0 Å². The molecule has 0 spiro atoms. The lowest BCUT2D eigenvalue weighted by molar-refractivity contribution is -0.908. The van der Waals surface area contributed by atoms with E-state index in [2.05, 4.69) is 0 Å². The molecule has 0 bridgehead atoms. The summed E-state index contributed by atoms with van der Waals surface area (Å²) in [6.45, 7) is 4.65. The van der Waals surface area contributed by atoms with Crippen molar-refractivity contribution < 1.29 is 28.7 Å². The number of ketones is 1. The van der Waals surface area contributed by atoms with Crippen LogP contribution in [0.3, 0.4) is 0 Å². The number of furan rings is 1. The number of quaternary nitrogens is 1. The number of nitrogens with one attached hydrogen (secondary N) is 1. The summed E-state index contributed by atoms with van der Waals surface area (Å²) >= 11 is 0. The summed E-state index contributed by atoms with van der Waals surface area (Å²) in [4.78, 5) is 28.5. The monoisotopic (exact) mass is 396 g/mol. The molecule has 2 aliphatic rings. The van der Waals surface area contributed by atoms with Crippen molar-refractivity contribution in [2.75, 3.05) is 39.4 Å². The van der Waals surface area contributed by atoms with Gasteiger partial charge in [0.05, 0.1) is 26.0 Å². The lowest BCUT2D eigenvalue weighted by Gasteiger charge is -2.27. The molecule has 0 aliphatic carbocycles. The van der Waals surface area contributed by atoms with E-state index in [0.29, 0.717) is 17.9 Å². The first kappa shape index (κ1) is 19.4. The Kier molecular flexibility index (Phi) is 5.78. The molecule has 1 unspecified atom stereocenters. The number of nitrogens with zero attached hydrogens (tertiary/aromatic N) is 1. The molecule has 1 aromatic heterocycles. The fourth-order valence-corrected chi connectivity index (χ4v) is 4.00. The van der Waals surface area contributed by atoms with E-state index in [9.17, 15) is 14.7 Å². The molecule has 3 heterocycles. The van der Waals surface area contributed by atoms with E-state index < -0.39 is 23.5 Å². The van der Waals surface area contributed by atoms with Gasteiger partial charge in [-0.25, -0.2) is 0 Å². The third-order valence-corrected chi connectivity index (χ3v) is 5.51. The molecule has 2 aromatic rings. The number of benzene rings is 1. The Bertz CT molecular complexity index is 885. The molecule has 0 saturated carbocycles. The minimum Gasteiger partial charge on any atom is -0.872 e. The van der Waals surface area contributed by atoms with E-state index >= 15 is 0 Å². The molecule has 1 atom stereocenters. The maximum absolute atomic E-state index is 13.1. The van der Waals surface area contributed by atoms with E-state index in [0.717, 1.165) is 39.3 Å². The molecule has 2 fully saturated rings. The highest BCUT2D eigenvalue weighted by Crippen LogP contribution is 2.38. The van der Waals surface area contributed by atoms with Crippen molar-refractivity contribution in [3.63, 3.8) is 0 Å². The van der Waals surface area contributed by atoms with Crippen LogP contribution in [-0.2, 0) is 14.3 Å². The number of morpholine rings is 1. The zero-order valence-electron chi connectivity index (χ0n) is 16.1. The number of amides is 1. The molecule has 29 heavy (non-hydrogen) atoms. The first-order valence-corrected chi connectivity index (χ1v) is 9.93. The van der Waals surface area contributed by atoms with Crippen LogP contribution < -0.4 is 10.0 Å². The van der Waals surface area contributed by atoms with Crippen molar-refractivity contribution in [3.8, 4) is 0 Å². The number of ether oxygens (including phenoxy) is 1. The maximum Gasteiger partial charge on any atom is 0.295 e. The van der Waals surface area contributed by atoms with E-state index in [1.54, 1.807) is 42.5 Å². The zero-order chi connectivity index (χ0) is 20.2. The van der Waals surface area contributed by atoms with Crippen LogP contribution in [0.15, 0.2) is 58.7 Å². The molecule has 1 aromatic carbocycles. The lowest BCUT2D eigenvalue weighted by Crippen LogP contribution is -3.14. The quantitative estimate of drug-likeness (QED) is 0.416. The van der Waals surface area contributed by atoms with Crippen molar-refractivity contribution >= 4 is 17.4 Å². The van der Waals surface area contributed by atoms with E-state index in [-0.39, 0.29) is 5.57 Å². The SMILES string of the molecule is O=C1C(=O)N(CCC[NH+]2CCOCC2)C(c2ccco2)/C1=C(\[O-])c1ccccc1. The number of likely N-dealkylation sites (tertiary alicyclic amines) is 1. The van der Waals surface area contributed by atoms with Gasteiger partial charge in [0.1, 0.15) is 24.9 Å². The van der Waals surface area contributed by atoms with Crippen LogP contribution in [0.4, 0.5) is 0 Å². The third-order valence-electron chi connectivity index (χ3n) is 5.51. The molecule has 1 amide bonds. The highest BCUT2D eigenvalue weighted by atomic mass is 16.5. The van der Waals surface area contributed by atoms with Gasteiger partial charge in [0.25, 0.3) is 5.91 Å². The Morgan fingerprint density at radius 2 is 1.86 bits per heavy atom. The largest absolute Gasteiger partial charge is 0.872 e. The number of carbonyl (C=O) groups is 2. The van der Waals surface area contributed by atoms with Crippen LogP contribution in [0.1, 0.15) is 23.8 Å². The van der Waals surface area contributed by atoms with E-state index in [1.807, 2.05) is 0 Å². The van der Waals surface area contributed by atoms with Gasteiger partial charge in [-0.3, -0.25) is 9.59 Å². The fraction of sp³-hybridized carbons (Fsp3) is 0.364. The molecule has 1 N–H and O–H groups in total. The normalized spacial score (nSPS) is 22.3. The topological polar surface area (TPSA) is 87.2 Å². The molecule has 2 aliphatic heterocycles. The van der Waals surface area contributed by atoms with Crippen LogP contribution in [-0.4, -0.2) is 56.0 Å². The van der Waals surface area contributed by atoms with Crippen LogP contribution in [0.2, 0.25) is 0 Å². The predicted octanol–water partition coefficient (Wildman–Crippen LogP) is -0.191. The minimum absolute atomic E-state index is 0.0325. The Morgan fingerprint density at radius 1 is 1.10 bits per heavy atom. The van der Waals surface area contributed by atoms with Crippen molar-refractivity contribution in [2.24, 2.45) is 0 Å². The zero-order valence-corrected chi connectivity index (χ0v) is 16.1. The molecule has 4 rings (SSSR count). The second kappa shape index (κ2) is 8.63.